The zero-order chi connectivity index (χ0) is 11.3. The number of nitrogens with zero attached hydrogens (tertiary/aromatic N) is 3. The van der Waals surface area contributed by atoms with E-state index in [0.29, 0.717) is 11.0 Å². The molecule has 5 heteroatoms. The number of aromatic nitrogens is 3. The highest BCUT2D eigenvalue weighted by molar-refractivity contribution is 6.00. The molecule has 1 saturated carbocycles. The predicted molar refractivity (Wildman–Crippen MR) is 57.4 cm³/mol. The van der Waals surface area contributed by atoms with Crippen LogP contribution in [0.2, 0.25) is 0 Å². The molecule has 0 atom stereocenters. The van der Waals surface area contributed by atoms with E-state index in [4.69, 9.17) is 5.11 Å². The number of rotatable bonds is 2. The Morgan fingerprint density at radius 2 is 2.25 bits per heavy atom. The summed E-state index contributed by atoms with van der Waals surface area (Å²) in [4.78, 5) is 11.1. The number of carbonyl (C=O) groups is 1. The summed E-state index contributed by atoms with van der Waals surface area (Å²) in [6.45, 7) is 2.07. The summed E-state index contributed by atoms with van der Waals surface area (Å²) in [5, 5.41) is 17.2. The molecule has 1 aliphatic carbocycles. The SMILES string of the molecule is CC1(n2nnc3cccc(C(=O)O)c32)CC1. The van der Waals surface area contributed by atoms with Gasteiger partial charge in [-0.2, -0.15) is 0 Å². The van der Waals surface area contributed by atoms with Crippen LogP contribution < -0.4 is 0 Å². The maximum Gasteiger partial charge on any atom is 0.337 e. The highest BCUT2D eigenvalue weighted by Crippen LogP contribution is 2.44. The van der Waals surface area contributed by atoms with E-state index in [0.717, 1.165) is 12.8 Å². The van der Waals surface area contributed by atoms with Gasteiger partial charge in [-0.15, -0.1) is 5.10 Å². The van der Waals surface area contributed by atoms with E-state index in [1.807, 2.05) is 0 Å². The third-order valence-electron chi connectivity index (χ3n) is 3.18. The van der Waals surface area contributed by atoms with Crippen LogP contribution >= 0.6 is 0 Å². The minimum atomic E-state index is -0.932. The molecule has 1 N–H and O–H groups in total. The lowest BCUT2D eigenvalue weighted by molar-refractivity contribution is 0.0698. The van der Waals surface area contributed by atoms with Gasteiger partial charge in [-0.05, 0) is 31.9 Å². The van der Waals surface area contributed by atoms with Gasteiger partial charge in [0.2, 0.25) is 0 Å². The van der Waals surface area contributed by atoms with Gasteiger partial charge in [-0.1, -0.05) is 11.3 Å². The van der Waals surface area contributed by atoms with Gasteiger partial charge in [0.05, 0.1) is 11.1 Å². The van der Waals surface area contributed by atoms with Gasteiger partial charge in [-0.25, -0.2) is 9.48 Å². The molecular formula is C11H11N3O2. The Kier molecular flexibility index (Phi) is 1.64. The van der Waals surface area contributed by atoms with Gasteiger partial charge in [-0.3, -0.25) is 0 Å². The number of aromatic carboxylic acids is 1. The van der Waals surface area contributed by atoms with Gasteiger partial charge in [0.15, 0.2) is 0 Å². The van der Waals surface area contributed by atoms with E-state index < -0.39 is 5.97 Å². The van der Waals surface area contributed by atoms with Crippen molar-refractivity contribution in [3.05, 3.63) is 23.8 Å². The highest BCUT2D eigenvalue weighted by atomic mass is 16.4. The van der Waals surface area contributed by atoms with E-state index in [-0.39, 0.29) is 11.1 Å². The Morgan fingerprint density at radius 1 is 1.50 bits per heavy atom. The fourth-order valence-corrected chi connectivity index (χ4v) is 1.92. The molecule has 1 heterocycles. The van der Waals surface area contributed by atoms with Gasteiger partial charge < -0.3 is 5.11 Å². The zero-order valence-corrected chi connectivity index (χ0v) is 8.84. The molecule has 0 amide bonds. The topological polar surface area (TPSA) is 68.0 Å². The minimum absolute atomic E-state index is 0.0414. The summed E-state index contributed by atoms with van der Waals surface area (Å²) in [5.41, 5.74) is 1.51. The molecule has 2 aromatic rings. The fourth-order valence-electron chi connectivity index (χ4n) is 1.92. The van der Waals surface area contributed by atoms with Crippen molar-refractivity contribution in [3.8, 4) is 0 Å². The first-order valence-corrected chi connectivity index (χ1v) is 5.20. The first kappa shape index (κ1) is 9.33. The number of carboxylic acids is 1. The van der Waals surface area contributed by atoms with Crippen molar-refractivity contribution < 1.29 is 9.90 Å². The minimum Gasteiger partial charge on any atom is -0.478 e. The summed E-state index contributed by atoms with van der Waals surface area (Å²) < 4.78 is 1.76. The highest BCUT2D eigenvalue weighted by Gasteiger charge is 2.42. The van der Waals surface area contributed by atoms with Crippen LogP contribution in [0.4, 0.5) is 0 Å². The molecule has 1 aliphatic rings. The van der Waals surface area contributed by atoms with Crippen LogP contribution in [0.3, 0.4) is 0 Å². The number of para-hydroxylation sites is 1. The van der Waals surface area contributed by atoms with E-state index in [1.165, 1.54) is 0 Å². The van der Waals surface area contributed by atoms with E-state index in [2.05, 4.69) is 17.2 Å². The summed E-state index contributed by atoms with van der Waals surface area (Å²) in [5.74, 6) is -0.932. The summed E-state index contributed by atoms with van der Waals surface area (Å²) in [6, 6.07) is 5.08. The largest absolute Gasteiger partial charge is 0.478 e. The monoisotopic (exact) mass is 217 g/mol. The first-order valence-electron chi connectivity index (χ1n) is 5.20. The molecule has 0 saturated heterocycles. The first-order chi connectivity index (χ1) is 7.62. The standard InChI is InChI=1S/C11H11N3O2/c1-11(5-6-11)14-9-7(10(15)16)3-2-4-8(9)12-13-14/h2-4H,5-6H2,1H3,(H,15,16). The summed E-state index contributed by atoms with van der Waals surface area (Å²) in [7, 11) is 0. The normalized spacial score (nSPS) is 17.6. The Hall–Kier alpha value is -1.91. The van der Waals surface area contributed by atoms with Gasteiger partial charge in [0, 0.05) is 0 Å². The number of benzene rings is 1. The van der Waals surface area contributed by atoms with Crippen molar-refractivity contribution in [2.24, 2.45) is 0 Å². The fraction of sp³-hybridized carbons (Fsp3) is 0.364. The van der Waals surface area contributed by atoms with E-state index in [9.17, 15) is 4.79 Å². The molecule has 82 valence electrons. The van der Waals surface area contributed by atoms with Crippen molar-refractivity contribution in [1.29, 1.82) is 0 Å². The molecule has 16 heavy (non-hydrogen) atoms. The Morgan fingerprint density at radius 3 is 2.88 bits per heavy atom. The zero-order valence-electron chi connectivity index (χ0n) is 8.84. The van der Waals surface area contributed by atoms with Crippen molar-refractivity contribution in [2.75, 3.05) is 0 Å². The molecule has 3 rings (SSSR count). The molecule has 0 radical (unpaired) electrons. The van der Waals surface area contributed by atoms with Gasteiger partial charge >= 0.3 is 5.97 Å². The van der Waals surface area contributed by atoms with Crippen LogP contribution in [0.5, 0.6) is 0 Å². The number of hydrogen-bond acceptors (Lipinski definition) is 3. The second-order valence-electron chi connectivity index (χ2n) is 4.48. The molecule has 0 aliphatic heterocycles. The Balaban J connectivity index is 2.34. The number of fused-ring (bicyclic) bond motifs is 1. The van der Waals surface area contributed by atoms with Crippen LogP contribution in [-0.2, 0) is 5.54 Å². The molecular weight excluding hydrogens is 206 g/mol. The predicted octanol–water partition coefficient (Wildman–Crippen LogP) is 1.64. The molecule has 0 spiro atoms. The maximum absolute atomic E-state index is 11.1. The molecule has 0 bridgehead atoms. The lowest BCUT2D eigenvalue weighted by atomic mass is 10.1. The molecule has 1 aromatic carbocycles. The van der Waals surface area contributed by atoms with Gasteiger partial charge in [0.1, 0.15) is 11.0 Å². The average Bonchev–Trinajstić information content (AvgIpc) is 2.85. The lowest BCUT2D eigenvalue weighted by Gasteiger charge is -2.10. The smallest absolute Gasteiger partial charge is 0.337 e. The van der Waals surface area contributed by atoms with E-state index >= 15 is 0 Å². The van der Waals surface area contributed by atoms with Gasteiger partial charge in [0.25, 0.3) is 0 Å². The number of carboxylic acid groups (broad SMARTS) is 1. The third-order valence-corrected chi connectivity index (χ3v) is 3.18. The van der Waals surface area contributed by atoms with Crippen LogP contribution in [0.15, 0.2) is 18.2 Å². The molecule has 5 nitrogen and oxygen atoms in total. The lowest BCUT2D eigenvalue weighted by Crippen LogP contribution is -2.15. The van der Waals surface area contributed by atoms with Crippen molar-refractivity contribution >= 4 is 17.0 Å². The molecule has 0 unspecified atom stereocenters. The van der Waals surface area contributed by atoms with Crippen molar-refractivity contribution in [2.45, 2.75) is 25.3 Å². The maximum atomic E-state index is 11.1. The molecule has 1 fully saturated rings. The van der Waals surface area contributed by atoms with Crippen LogP contribution in [0.25, 0.3) is 11.0 Å². The second-order valence-corrected chi connectivity index (χ2v) is 4.48. The quantitative estimate of drug-likeness (QED) is 0.830. The van der Waals surface area contributed by atoms with E-state index in [1.54, 1.807) is 22.9 Å². The summed E-state index contributed by atoms with van der Waals surface area (Å²) >= 11 is 0. The van der Waals surface area contributed by atoms with Crippen LogP contribution in [0, 0.1) is 0 Å². The third kappa shape index (κ3) is 1.14. The average molecular weight is 217 g/mol. The van der Waals surface area contributed by atoms with Crippen molar-refractivity contribution in [1.82, 2.24) is 15.0 Å². The summed E-state index contributed by atoms with van der Waals surface area (Å²) in [6.07, 6.45) is 2.05. The number of hydrogen-bond donors (Lipinski definition) is 1. The van der Waals surface area contributed by atoms with Crippen LogP contribution in [-0.4, -0.2) is 26.1 Å². The Labute approximate surface area is 91.7 Å². The van der Waals surface area contributed by atoms with Crippen molar-refractivity contribution in [3.63, 3.8) is 0 Å². The Bertz CT molecular complexity index is 584. The molecule has 1 aromatic heterocycles. The second kappa shape index (κ2) is 2.81. The van der Waals surface area contributed by atoms with Crippen LogP contribution in [0.1, 0.15) is 30.1 Å².